The molecule has 0 aliphatic carbocycles. The van der Waals surface area contributed by atoms with Crippen LogP contribution in [-0.2, 0) is 12.3 Å². The Bertz CT molecular complexity index is 1190. The van der Waals surface area contributed by atoms with Crippen molar-refractivity contribution in [1.29, 1.82) is 0 Å². The Labute approximate surface area is 185 Å². The molecule has 7 nitrogen and oxygen atoms in total. The molecule has 1 unspecified atom stereocenters. The summed E-state index contributed by atoms with van der Waals surface area (Å²) < 4.78 is 7.92. The van der Waals surface area contributed by atoms with Gasteiger partial charge < -0.3 is 9.73 Å². The van der Waals surface area contributed by atoms with Gasteiger partial charge in [-0.25, -0.2) is 9.97 Å². The van der Waals surface area contributed by atoms with E-state index in [9.17, 15) is 4.79 Å². The van der Waals surface area contributed by atoms with Crippen molar-refractivity contribution in [3.63, 3.8) is 0 Å². The Morgan fingerprint density at radius 2 is 1.97 bits per heavy atom. The predicted octanol–water partition coefficient (Wildman–Crippen LogP) is 4.39. The van der Waals surface area contributed by atoms with Crippen molar-refractivity contribution in [1.82, 2.24) is 25.1 Å². The summed E-state index contributed by atoms with van der Waals surface area (Å²) in [6, 6.07) is 11.5. The average molecular weight is 436 g/mol. The van der Waals surface area contributed by atoms with Gasteiger partial charge in [0.15, 0.2) is 10.9 Å². The lowest BCUT2D eigenvalue weighted by molar-refractivity contribution is 0.0920. The molecule has 4 aromatic rings. The number of rotatable bonds is 8. The van der Waals surface area contributed by atoms with Crippen molar-refractivity contribution < 1.29 is 9.21 Å². The van der Waals surface area contributed by atoms with Gasteiger partial charge in [-0.15, -0.1) is 0 Å². The van der Waals surface area contributed by atoms with Crippen LogP contribution in [0.1, 0.15) is 34.4 Å². The highest BCUT2D eigenvalue weighted by Crippen LogP contribution is 2.31. The van der Waals surface area contributed by atoms with Crippen molar-refractivity contribution >= 4 is 28.6 Å². The van der Waals surface area contributed by atoms with E-state index in [0.29, 0.717) is 28.8 Å². The third-order valence-corrected chi connectivity index (χ3v) is 5.89. The van der Waals surface area contributed by atoms with Gasteiger partial charge in [0.25, 0.3) is 5.91 Å². The summed E-state index contributed by atoms with van der Waals surface area (Å²) in [6.07, 6.45) is 3.42. The van der Waals surface area contributed by atoms with Crippen LogP contribution >= 0.6 is 11.8 Å². The highest BCUT2D eigenvalue weighted by atomic mass is 32.2. The molecule has 0 bridgehead atoms. The molecule has 1 amide bonds. The quantitative estimate of drug-likeness (QED) is 0.326. The number of fused-ring (bicyclic) bond motifs is 1. The normalized spacial score (nSPS) is 12.2. The van der Waals surface area contributed by atoms with E-state index < -0.39 is 0 Å². The highest BCUT2D eigenvalue weighted by molar-refractivity contribution is 7.98. The minimum atomic E-state index is -0.207. The number of nitrogens with one attached hydrogen (secondary N) is 1. The molecular weight excluding hydrogens is 410 g/mol. The van der Waals surface area contributed by atoms with E-state index in [1.807, 2.05) is 42.8 Å². The number of hydrogen-bond acceptors (Lipinski definition) is 6. The Morgan fingerprint density at radius 1 is 1.19 bits per heavy atom. The zero-order valence-corrected chi connectivity index (χ0v) is 18.6. The van der Waals surface area contributed by atoms with E-state index in [-0.39, 0.29) is 11.8 Å². The molecule has 3 aromatic heterocycles. The highest BCUT2D eigenvalue weighted by Gasteiger charge is 2.21. The van der Waals surface area contributed by atoms with Crippen LogP contribution in [0.2, 0.25) is 0 Å². The molecule has 0 aliphatic rings. The zero-order valence-electron chi connectivity index (χ0n) is 17.8. The molecule has 1 atom stereocenters. The number of carbonyl (C=O) groups excluding carboxylic acids is 1. The fraction of sp³-hybridized carbons (Fsp3) is 0.304. The number of benzene rings is 1. The molecular formula is C23H25N5O2S. The van der Waals surface area contributed by atoms with E-state index >= 15 is 0 Å². The Hall–Kier alpha value is -3.13. The smallest absolute Gasteiger partial charge is 0.287 e. The number of aryl methyl sites for hydroxylation is 2. The van der Waals surface area contributed by atoms with Crippen LogP contribution in [0.4, 0.5) is 0 Å². The monoisotopic (exact) mass is 435 g/mol. The number of amides is 1. The Kier molecular flexibility index (Phi) is 6.36. The van der Waals surface area contributed by atoms with E-state index in [1.165, 1.54) is 11.8 Å². The van der Waals surface area contributed by atoms with Crippen LogP contribution in [0.15, 0.2) is 58.4 Å². The summed E-state index contributed by atoms with van der Waals surface area (Å²) in [5, 5.41) is 9.13. The molecule has 0 saturated carbocycles. The molecule has 31 heavy (non-hydrogen) atoms. The molecule has 160 valence electrons. The third-order valence-electron chi connectivity index (χ3n) is 4.99. The molecule has 0 radical (unpaired) electrons. The first kappa shape index (κ1) is 21.1. The predicted molar refractivity (Wildman–Crippen MR) is 121 cm³/mol. The third kappa shape index (κ3) is 4.96. The van der Waals surface area contributed by atoms with Gasteiger partial charge in [-0.05, 0) is 38.0 Å². The molecule has 0 saturated heterocycles. The van der Waals surface area contributed by atoms with Gasteiger partial charge >= 0.3 is 0 Å². The fourth-order valence-corrected chi connectivity index (χ4v) is 4.32. The second-order valence-corrected chi connectivity index (χ2v) is 8.59. The summed E-state index contributed by atoms with van der Waals surface area (Å²) in [7, 11) is 0. The van der Waals surface area contributed by atoms with Crippen molar-refractivity contribution in [2.24, 2.45) is 5.92 Å². The molecule has 3 heterocycles. The summed E-state index contributed by atoms with van der Waals surface area (Å²) in [6.45, 7) is 7.40. The van der Waals surface area contributed by atoms with Gasteiger partial charge in [-0.3, -0.25) is 9.48 Å². The molecule has 0 fully saturated rings. The first-order valence-electron chi connectivity index (χ1n) is 10.2. The van der Waals surface area contributed by atoms with E-state index in [1.54, 1.807) is 18.5 Å². The van der Waals surface area contributed by atoms with Crippen molar-refractivity contribution in [2.75, 3.05) is 6.54 Å². The maximum Gasteiger partial charge on any atom is 0.287 e. The van der Waals surface area contributed by atoms with E-state index in [4.69, 9.17) is 4.42 Å². The zero-order chi connectivity index (χ0) is 21.8. The topological polar surface area (TPSA) is 85.8 Å². The van der Waals surface area contributed by atoms with Crippen LogP contribution in [0, 0.1) is 19.8 Å². The van der Waals surface area contributed by atoms with Gasteiger partial charge in [0.2, 0.25) is 0 Å². The van der Waals surface area contributed by atoms with Gasteiger partial charge in [0.1, 0.15) is 5.58 Å². The van der Waals surface area contributed by atoms with Crippen molar-refractivity contribution in [3.8, 4) is 0 Å². The largest absolute Gasteiger partial charge is 0.451 e. The van der Waals surface area contributed by atoms with Gasteiger partial charge in [0.05, 0.1) is 5.69 Å². The summed E-state index contributed by atoms with van der Waals surface area (Å²) in [5.41, 5.74) is 3.68. The maximum atomic E-state index is 13.0. The molecule has 4 rings (SSSR count). The standard InChI is InChI=1S/C23H25N5O2S/c1-15(13-28-17(3)11-16(2)27-28)12-26-22(29)21-19(14-31-23-24-9-6-10-25-23)18-7-4-5-8-20(18)30-21/h4-11,15H,12-14H2,1-3H3,(H,26,29). The van der Waals surface area contributed by atoms with Crippen LogP contribution in [0.3, 0.4) is 0 Å². The minimum absolute atomic E-state index is 0.207. The van der Waals surface area contributed by atoms with Crippen LogP contribution in [0.5, 0.6) is 0 Å². The number of para-hydroxylation sites is 1. The lowest BCUT2D eigenvalue weighted by atomic mass is 10.1. The number of aromatic nitrogens is 4. The van der Waals surface area contributed by atoms with Crippen molar-refractivity contribution in [2.45, 2.75) is 38.2 Å². The van der Waals surface area contributed by atoms with Gasteiger partial charge in [0, 0.05) is 47.9 Å². The second-order valence-electron chi connectivity index (χ2n) is 7.65. The van der Waals surface area contributed by atoms with Crippen LogP contribution in [0.25, 0.3) is 11.0 Å². The first-order valence-corrected chi connectivity index (χ1v) is 11.2. The first-order chi connectivity index (χ1) is 15.0. The van der Waals surface area contributed by atoms with Crippen LogP contribution < -0.4 is 5.32 Å². The number of carbonyl (C=O) groups is 1. The fourth-order valence-electron chi connectivity index (χ4n) is 3.49. The minimum Gasteiger partial charge on any atom is -0.451 e. The van der Waals surface area contributed by atoms with Gasteiger partial charge in [-0.1, -0.05) is 36.9 Å². The lowest BCUT2D eigenvalue weighted by Crippen LogP contribution is -2.30. The summed E-state index contributed by atoms with van der Waals surface area (Å²) in [4.78, 5) is 21.5. The SMILES string of the molecule is Cc1cc(C)n(CC(C)CNC(=O)c2oc3ccccc3c2CSc2ncccn2)n1. The number of furan rings is 1. The second kappa shape index (κ2) is 9.34. The summed E-state index contributed by atoms with van der Waals surface area (Å²) in [5.74, 6) is 0.913. The number of thioether (sulfide) groups is 1. The Balaban J connectivity index is 1.47. The van der Waals surface area contributed by atoms with Crippen LogP contribution in [-0.4, -0.2) is 32.2 Å². The summed E-state index contributed by atoms with van der Waals surface area (Å²) >= 11 is 1.48. The molecule has 1 aromatic carbocycles. The van der Waals surface area contributed by atoms with E-state index in [2.05, 4.69) is 33.4 Å². The van der Waals surface area contributed by atoms with Crippen molar-refractivity contribution in [3.05, 3.63) is 71.5 Å². The lowest BCUT2D eigenvalue weighted by Gasteiger charge is -2.14. The van der Waals surface area contributed by atoms with E-state index in [0.717, 1.165) is 28.9 Å². The molecule has 0 aliphatic heterocycles. The molecule has 0 spiro atoms. The number of nitrogens with zero attached hydrogens (tertiary/aromatic N) is 4. The molecule has 1 N–H and O–H groups in total. The maximum absolute atomic E-state index is 13.0. The Morgan fingerprint density at radius 3 is 2.71 bits per heavy atom. The molecule has 8 heteroatoms. The average Bonchev–Trinajstić information content (AvgIpc) is 3.30. The van der Waals surface area contributed by atoms with Gasteiger partial charge in [-0.2, -0.15) is 5.10 Å². The number of hydrogen-bond donors (Lipinski definition) is 1.